The highest BCUT2D eigenvalue weighted by molar-refractivity contribution is 5.70. The number of carboxylic acids is 1. The van der Waals surface area contributed by atoms with Crippen molar-refractivity contribution in [3.05, 3.63) is 97.2 Å². The lowest BCUT2D eigenvalue weighted by Crippen LogP contribution is -2.44. The van der Waals surface area contributed by atoms with E-state index in [1.54, 1.807) is 0 Å². The third-order valence-corrected chi connectivity index (χ3v) is 19.1. The van der Waals surface area contributed by atoms with E-state index in [-0.39, 0.29) is 32.2 Å². The number of likely N-dealkylation sites (N-methyl/N-ethyl adjacent to an activating group) is 1. The zero-order chi connectivity index (χ0) is 72.5. The van der Waals surface area contributed by atoms with Crippen molar-refractivity contribution in [2.45, 2.75) is 418 Å². The second-order valence-electron chi connectivity index (χ2n) is 30.1. The molecule has 0 rings (SSSR count). The van der Waals surface area contributed by atoms with Crippen LogP contribution in [0.4, 0.5) is 0 Å². The number of rotatable bonds is 80. The monoisotopic (exact) mass is 1400 g/mol. The molecule has 0 spiro atoms. The predicted molar refractivity (Wildman–Crippen MR) is 431 cm³/mol. The zero-order valence-corrected chi connectivity index (χ0v) is 66.6. The van der Waals surface area contributed by atoms with Crippen LogP contribution < -0.4 is 5.11 Å². The first kappa shape index (κ1) is 96.2. The van der Waals surface area contributed by atoms with Gasteiger partial charge in [0.1, 0.15) is 13.2 Å². The highest BCUT2D eigenvalue weighted by Gasteiger charge is 2.22. The summed E-state index contributed by atoms with van der Waals surface area (Å²) in [4.78, 5) is 37.7. The maximum absolute atomic E-state index is 13.0. The van der Waals surface area contributed by atoms with Crippen LogP contribution in [0.3, 0.4) is 0 Å². The van der Waals surface area contributed by atoms with Gasteiger partial charge in [0.25, 0.3) is 0 Å². The van der Waals surface area contributed by atoms with Crippen LogP contribution in [-0.4, -0.2) is 82.3 Å². The van der Waals surface area contributed by atoms with Crippen LogP contribution in [0.25, 0.3) is 0 Å². The van der Waals surface area contributed by atoms with Crippen molar-refractivity contribution in [2.24, 2.45) is 0 Å². The van der Waals surface area contributed by atoms with Gasteiger partial charge in [-0.05, 0) is 77.0 Å². The number of nitrogens with zero attached hydrogens (tertiary/aromatic N) is 1. The van der Waals surface area contributed by atoms with E-state index >= 15 is 0 Å². The highest BCUT2D eigenvalue weighted by Crippen LogP contribution is 2.20. The number of hydrogen-bond donors (Lipinski definition) is 0. The van der Waals surface area contributed by atoms with Gasteiger partial charge in [0.15, 0.2) is 12.4 Å². The molecule has 0 bridgehead atoms. The van der Waals surface area contributed by atoms with E-state index in [2.05, 4.69) is 111 Å². The van der Waals surface area contributed by atoms with E-state index in [4.69, 9.17) is 18.9 Å². The fourth-order valence-corrected chi connectivity index (χ4v) is 12.6. The standard InChI is InChI=1S/C91H163NO8/c1-6-8-10-12-14-16-18-20-22-24-26-28-30-32-34-36-38-40-42-44-45-46-48-50-52-54-56-58-60-62-64-66-68-70-72-74-76-78-80-82-89(94)100-87(86-99-91(90(95)96)97-84-83-92(3,4)5)85-98-88(93)81-79-77-75-73-71-69-67-65-63-61-59-57-55-53-51-49-47-43-41-39-37-35-33-31-29-27-25-23-21-19-17-15-13-11-9-7-2/h8,10,14,16,20,22,26,28,32,34,38,40,44-45,48,50,87,91H,6-7,9,11-13,15,17-19,21,23-25,27,29-31,33,35-37,39,41-43,46-47,49,51-86H2,1-5H3/b10-8-,16-14-,22-20-,28-26-,34-32-,40-38-,45-44-,50-48-. The van der Waals surface area contributed by atoms with Gasteiger partial charge >= 0.3 is 11.9 Å². The average molecular weight is 1400 g/mol. The molecule has 9 heteroatoms. The maximum Gasteiger partial charge on any atom is 0.306 e. The molecule has 0 aromatic heterocycles. The lowest BCUT2D eigenvalue weighted by atomic mass is 10.0. The molecule has 9 nitrogen and oxygen atoms in total. The van der Waals surface area contributed by atoms with Gasteiger partial charge in [-0.3, -0.25) is 9.59 Å². The number of unbranched alkanes of at least 4 members (excludes halogenated alkanes) is 49. The van der Waals surface area contributed by atoms with Crippen LogP contribution >= 0.6 is 0 Å². The normalized spacial score (nSPS) is 13.1. The predicted octanol–water partition coefficient (Wildman–Crippen LogP) is 26.5. The van der Waals surface area contributed by atoms with Crippen molar-refractivity contribution in [3.8, 4) is 0 Å². The number of quaternary nitrogens is 1. The second kappa shape index (κ2) is 80.9. The minimum Gasteiger partial charge on any atom is -0.545 e. The summed E-state index contributed by atoms with van der Waals surface area (Å²) in [6.07, 6.45) is 110. The summed E-state index contributed by atoms with van der Waals surface area (Å²) in [5.74, 6) is -2.26. The van der Waals surface area contributed by atoms with Crippen LogP contribution in [0.5, 0.6) is 0 Å². The second-order valence-corrected chi connectivity index (χ2v) is 30.1. The lowest BCUT2D eigenvalue weighted by molar-refractivity contribution is -0.870. The Bertz CT molecular complexity index is 1970. The highest BCUT2D eigenvalue weighted by atomic mass is 16.7. The Balaban J connectivity index is 3.98. The summed E-state index contributed by atoms with van der Waals surface area (Å²) in [6.45, 7) is 4.69. The third kappa shape index (κ3) is 81.5. The summed E-state index contributed by atoms with van der Waals surface area (Å²) < 4.78 is 22.9. The number of carboxylic acid groups (broad SMARTS) is 1. The van der Waals surface area contributed by atoms with Crippen molar-refractivity contribution < 1.29 is 42.9 Å². The molecule has 0 fully saturated rings. The Kier molecular flexibility index (Phi) is 77.8. The van der Waals surface area contributed by atoms with E-state index in [1.165, 1.54) is 283 Å². The number of carbonyl (C=O) groups excluding carboxylic acids is 3. The Labute approximate surface area is 620 Å². The molecule has 2 atom stereocenters. The molecule has 0 aromatic rings. The van der Waals surface area contributed by atoms with Gasteiger partial charge in [-0.25, -0.2) is 0 Å². The molecule has 2 unspecified atom stereocenters. The minimum atomic E-state index is -1.63. The molecule has 0 amide bonds. The zero-order valence-electron chi connectivity index (χ0n) is 66.6. The maximum atomic E-state index is 13.0. The fourth-order valence-electron chi connectivity index (χ4n) is 12.6. The van der Waals surface area contributed by atoms with Gasteiger partial charge in [-0.15, -0.1) is 0 Å². The molecule has 0 aliphatic heterocycles. The van der Waals surface area contributed by atoms with Crippen molar-refractivity contribution >= 4 is 17.9 Å². The fraction of sp³-hybridized carbons (Fsp3) is 0.791. The Hall–Kier alpha value is -3.79. The molecule has 0 saturated heterocycles. The smallest absolute Gasteiger partial charge is 0.306 e. The number of hydrogen-bond acceptors (Lipinski definition) is 8. The number of aliphatic carboxylic acids is 1. The lowest BCUT2D eigenvalue weighted by Gasteiger charge is -2.26. The van der Waals surface area contributed by atoms with E-state index < -0.39 is 24.3 Å². The number of ether oxygens (including phenoxy) is 4. The molecular formula is C91H163NO8. The van der Waals surface area contributed by atoms with Crippen molar-refractivity contribution in [2.75, 3.05) is 47.5 Å². The van der Waals surface area contributed by atoms with Crippen LogP contribution in [0.1, 0.15) is 406 Å². The molecule has 580 valence electrons. The molecule has 0 N–H and O–H groups in total. The van der Waals surface area contributed by atoms with Crippen LogP contribution in [0, 0.1) is 0 Å². The van der Waals surface area contributed by atoms with Crippen LogP contribution in [-0.2, 0) is 33.3 Å². The quantitative estimate of drug-likeness (QED) is 0.0195. The Morgan fingerprint density at radius 3 is 0.850 bits per heavy atom. The first-order chi connectivity index (χ1) is 49.1. The average Bonchev–Trinajstić information content (AvgIpc) is 1.08. The third-order valence-electron chi connectivity index (χ3n) is 19.1. The van der Waals surface area contributed by atoms with E-state index in [0.717, 1.165) is 89.9 Å². The summed E-state index contributed by atoms with van der Waals surface area (Å²) in [5.41, 5.74) is 0. The van der Waals surface area contributed by atoms with Crippen molar-refractivity contribution in [1.29, 1.82) is 0 Å². The molecule has 0 aliphatic rings. The molecule has 0 aliphatic carbocycles. The Morgan fingerprint density at radius 1 is 0.310 bits per heavy atom. The van der Waals surface area contributed by atoms with Gasteiger partial charge in [-0.1, -0.05) is 413 Å². The first-order valence-corrected chi connectivity index (χ1v) is 42.9. The summed E-state index contributed by atoms with van der Waals surface area (Å²) in [7, 11) is 5.95. The van der Waals surface area contributed by atoms with Crippen LogP contribution in [0.15, 0.2) is 97.2 Å². The van der Waals surface area contributed by atoms with E-state index in [1.807, 2.05) is 21.1 Å². The van der Waals surface area contributed by atoms with Gasteiger partial charge in [0, 0.05) is 12.8 Å². The first-order valence-electron chi connectivity index (χ1n) is 42.9. The SMILES string of the molecule is CC/C=C\C/C=C\C/C=C\C/C=C\C/C=C\C/C=C\C/C=C\C/C=C\CCCCCCCCCCCCCCCCC(=O)OC(COC(=O)CCCCCCCCCCCCCCCCCCCCCCCCCCCCCCCCCCCCCC)COC(OCC[N+](C)(C)C)C(=O)[O-]. The van der Waals surface area contributed by atoms with Crippen molar-refractivity contribution in [3.63, 3.8) is 0 Å². The van der Waals surface area contributed by atoms with Gasteiger partial charge < -0.3 is 33.3 Å². The minimum absolute atomic E-state index is 0.147. The largest absolute Gasteiger partial charge is 0.545 e. The van der Waals surface area contributed by atoms with E-state index in [0.29, 0.717) is 23.9 Å². The Morgan fingerprint density at radius 2 is 0.570 bits per heavy atom. The number of esters is 2. The molecular weight excluding hydrogens is 1230 g/mol. The summed E-state index contributed by atoms with van der Waals surface area (Å²) >= 11 is 0. The molecule has 0 aromatic carbocycles. The number of allylic oxidation sites excluding steroid dienone is 16. The number of carbonyl (C=O) groups is 3. The van der Waals surface area contributed by atoms with Gasteiger partial charge in [0.2, 0.25) is 0 Å². The molecule has 100 heavy (non-hydrogen) atoms. The molecule has 0 radical (unpaired) electrons. The van der Waals surface area contributed by atoms with Crippen LogP contribution in [0.2, 0.25) is 0 Å². The molecule has 0 saturated carbocycles. The summed E-state index contributed by atoms with van der Waals surface area (Å²) in [6, 6.07) is 0. The van der Waals surface area contributed by atoms with E-state index in [9.17, 15) is 19.5 Å². The topological polar surface area (TPSA) is 111 Å². The molecule has 0 heterocycles. The summed E-state index contributed by atoms with van der Waals surface area (Å²) in [5, 5.41) is 11.9. The van der Waals surface area contributed by atoms with Gasteiger partial charge in [-0.2, -0.15) is 0 Å². The van der Waals surface area contributed by atoms with Gasteiger partial charge in [0.05, 0.1) is 40.3 Å². The van der Waals surface area contributed by atoms with Crippen molar-refractivity contribution in [1.82, 2.24) is 0 Å².